The van der Waals surface area contributed by atoms with Gasteiger partial charge >= 0.3 is 5.97 Å². The summed E-state index contributed by atoms with van der Waals surface area (Å²) in [5.74, 6) is -0.507. The highest BCUT2D eigenvalue weighted by Crippen LogP contribution is 2.21. The van der Waals surface area contributed by atoms with Crippen LogP contribution >= 0.6 is 0 Å². The van der Waals surface area contributed by atoms with Gasteiger partial charge in [0.15, 0.2) is 0 Å². The molecule has 18 heavy (non-hydrogen) atoms. The largest absolute Gasteiger partial charge is 0.497 e. The monoisotopic (exact) mass is 251 g/mol. The molecule has 1 aromatic rings. The van der Waals surface area contributed by atoms with Crippen LogP contribution < -0.4 is 10.1 Å². The summed E-state index contributed by atoms with van der Waals surface area (Å²) in [6, 6.07) is 7.46. The van der Waals surface area contributed by atoms with Crippen molar-refractivity contribution in [2.24, 2.45) is 0 Å². The number of hydrogen-bond acceptors (Lipinski definition) is 3. The average molecular weight is 251 g/mol. The maximum Gasteiger partial charge on any atom is 0.322 e. The average Bonchev–Trinajstić information content (AvgIpc) is 2.36. The molecule has 5 heteroatoms. The van der Waals surface area contributed by atoms with Crippen LogP contribution in [0, 0.1) is 0 Å². The summed E-state index contributed by atoms with van der Waals surface area (Å²) in [4.78, 5) is 21.8. The van der Waals surface area contributed by atoms with Gasteiger partial charge in [0.2, 0.25) is 5.91 Å². The zero-order chi connectivity index (χ0) is 13.5. The van der Waals surface area contributed by atoms with Crippen molar-refractivity contribution in [1.29, 1.82) is 0 Å². The van der Waals surface area contributed by atoms with Gasteiger partial charge in [-0.2, -0.15) is 0 Å². The number of carboxylic acids is 1. The van der Waals surface area contributed by atoms with Crippen molar-refractivity contribution in [2.75, 3.05) is 13.7 Å². The van der Waals surface area contributed by atoms with Gasteiger partial charge in [0, 0.05) is 6.42 Å². The molecule has 0 aliphatic rings. The Balaban J connectivity index is 2.50. The van der Waals surface area contributed by atoms with Gasteiger partial charge in [-0.25, -0.2) is 0 Å². The van der Waals surface area contributed by atoms with Crippen molar-refractivity contribution in [3.05, 3.63) is 29.8 Å². The van der Waals surface area contributed by atoms with Crippen molar-refractivity contribution < 1.29 is 19.4 Å². The molecule has 1 rings (SSSR count). The standard InChI is InChI=1S/C13H17NO4/c1-9(7-12(15)14-8-13(16)17)10-3-5-11(18-2)6-4-10/h3-6,9H,7-8H2,1-2H3,(H,14,15)(H,16,17). The van der Waals surface area contributed by atoms with Crippen LogP contribution in [0.5, 0.6) is 5.75 Å². The molecule has 0 fully saturated rings. The first kappa shape index (κ1) is 14.0. The topological polar surface area (TPSA) is 75.6 Å². The summed E-state index contributed by atoms with van der Waals surface area (Å²) in [5.41, 5.74) is 1.02. The van der Waals surface area contributed by atoms with Crippen molar-refractivity contribution in [3.63, 3.8) is 0 Å². The molecule has 1 amide bonds. The van der Waals surface area contributed by atoms with E-state index in [0.29, 0.717) is 0 Å². The second kappa shape index (κ2) is 6.64. The number of benzene rings is 1. The highest BCUT2D eigenvalue weighted by Gasteiger charge is 2.11. The Labute approximate surface area is 106 Å². The number of carbonyl (C=O) groups excluding carboxylic acids is 1. The van der Waals surface area contributed by atoms with Crippen LogP contribution in [0.3, 0.4) is 0 Å². The van der Waals surface area contributed by atoms with E-state index in [9.17, 15) is 9.59 Å². The summed E-state index contributed by atoms with van der Waals surface area (Å²) in [6.07, 6.45) is 0.264. The molecule has 0 radical (unpaired) electrons. The van der Waals surface area contributed by atoms with E-state index in [4.69, 9.17) is 9.84 Å². The van der Waals surface area contributed by atoms with Gasteiger partial charge in [-0.3, -0.25) is 9.59 Å². The van der Waals surface area contributed by atoms with Crippen LogP contribution in [0.2, 0.25) is 0 Å². The highest BCUT2D eigenvalue weighted by molar-refractivity contribution is 5.81. The van der Waals surface area contributed by atoms with Crippen molar-refractivity contribution in [3.8, 4) is 5.75 Å². The van der Waals surface area contributed by atoms with Gasteiger partial charge in [0.05, 0.1) is 7.11 Å². The maximum absolute atomic E-state index is 11.5. The summed E-state index contributed by atoms with van der Waals surface area (Å²) in [5, 5.41) is 10.8. The molecule has 0 bridgehead atoms. The minimum absolute atomic E-state index is 0.0321. The smallest absolute Gasteiger partial charge is 0.322 e. The van der Waals surface area contributed by atoms with E-state index in [1.165, 1.54) is 0 Å². The lowest BCUT2D eigenvalue weighted by Gasteiger charge is -2.12. The highest BCUT2D eigenvalue weighted by atomic mass is 16.5. The zero-order valence-electron chi connectivity index (χ0n) is 10.5. The molecular weight excluding hydrogens is 234 g/mol. The van der Waals surface area contributed by atoms with Crippen molar-refractivity contribution in [1.82, 2.24) is 5.32 Å². The lowest BCUT2D eigenvalue weighted by molar-refractivity contribution is -0.138. The molecule has 1 aromatic carbocycles. The molecule has 0 spiro atoms. The minimum atomic E-state index is -1.04. The first-order valence-electron chi connectivity index (χ1n) is 5.65. The number of ether oxygens (including phenoxy) is 1. The van der Waals surface area contributed by atoms with Crippen LogP contribution in [-0.4, -0.2) is 30.6 Å². The van der Waals surface area contributed by atoms with E-state index in [1.807, 2.05) is 31.2 Å². The van der Waals surface area contributed by atoms with Gasteiger partial charge in [0.25, 0.3) is 0 Å². The van der Waals surface area contributed by atoms with Crippen LogP contribution in [0.25, 0.3) is 0 Å². The summed E-state index contributed by atoms with van der Waals surface area (Å²) in [7, 11) is 1.60. The molecular formula is C13H17NO4. The van der Waals surface area contributed by atoms with Gasteiger partial charge in [0.1, 0.15) is 12.3 Å². The molecule has 0 saturated heterocycles. The Bertz CT molecular complexity index is 414. The molecule has 0 aliphatic heterocycles. The zero-order valence-corrected chi connectivity index (χ0v) is 10.5. The van der Waals surface area contributed by atoms with E-state index in [2.05, 4.69) is 5.32 Å². The molecule has 5 nitrogen and oxygen atoms in total. The molecule has 2 N–H and O–H groups in total. The van der Waals surface area contributed by atoms with Gasteiger partial charge in [-0.1, -0.05) is 19.1 Å². The predicted octanol–water partition coefficient (Wildman–Crippen LogP) is 1.39. The molecule has 1 unspecified atom stereocenters. The lowest BCUT2D eigenvalue weighted by Crippen LogP contribution is -2.29. The SMILES string of the molecule is COc1ccc(C(C)CC(=O)NCC(=O)O)cc1. The van der Waals surface area contributed by atoms with Crippen molar-refractivity contribution in [2.45, 2.75) is 19.3 Å². The summed E-state index contributed by atoms with van der Waals surface area (Å²) >= 11 is 0. The quantitative estimate of drug-likeness (QED) is 0.801. The molecule has 0 aliphatic carbocycles. The Morgan fingerprint density at radius 2 is 1.94 bits per heavy atom. The Morgan fingerprint density at radius 3 is 2.44 bits per heavy atom. The Hall–Kier alpha value is -2.04. The number of aliphatic carboxylic acids is 1. The molecule has 0 heterocycles. The molecule has 0 saturated carbocycles. The summed E-state index contributed by atoms with van der Waals surface area (Å²) < 4.78 is 5.05. The van der Waals surface area contributed by atoms with Gasteiger partial charge < -0.3 is 15.2 Å². The number of methoxy groups -OCH3 is 1. The fraction of sp³-hybridized carbons (Fsp3) is 0.385. The number of carbonyl (C=O) groups is 2. The normalized spacial score (nSPS) is 11.7. The number of nitrogens with one attached hydrogen (secondary N) is 1. The van der Waals surface area contributed by atoms with Gasteiger partial charge in [-0.05, 0) is 23.6 Å². The number of amides is 1. The summed E-state index contributed by atoms with van der Waals surface area (Å²) in [6.45, 7) is 1.58. The van der Waals surface area contributed by atoms with Crippen LogP contribution in [-0.2, 0) is 9.59 Å². The molecule has 1 atom stereocenters. The van der Waals surface area contributed by atoms with E-state index in [-0.39, 0.29) is 24.8 Å². The van der Waals surface area contributed by atoms with Crippen LogP contribution in [0.15, 0.2) is 24.3 Å². The second-order valence-corrected chi connectivity index (χ2v) is 4.05. The van der Waals surface area contributed by atoms with Gasteiger partial charge in [-0.15, -0.1) is 0 Å². The third-order valence-electron chi connectivity index (χ3n) is 2.61. The van der Waals surface area contributed by atoms with Crippen LogP contribution in [0.4, 0.5) is 0 Å². The van der Waals surface area contributed by atoms with Crippen molar-refractivity contribution >= 4 is 11.9 Å². The fourth-order valence-electron chi connectivity index (χ4n) is 1.57. The molecule has 98 valence electrons. The minimum Gasteiger partial charge on any atom is -0.497 e. The maximum atomic E-state index is 11.5. The number of carboxylic acid groups (broad SMARTS) is 1. The number of hydrogen-bond donors (Lipinski definition) is 2. The van der Waals surface area contributed by atoms with E-state index in [0.717, 1.165) is 11.3 Å². The Kier molecular flexibility index (Phi) is 5.17. The first-order valence-corrected chi connectivity index (χ1v) is 5.65. The second-order valence-electron chi connectivity index (χ2n) is 4.05. The Morgan fingerprint density at radius 1 is 1.33 bits per heavy atom. The predicted molar refractivity (Wildman–Crippen MR) is 66.7 cm³/mol. The number of rotatable bonds is 6. The van der Waals surface area contributed by atoms with E-state index in [1.54, 1.807) is 7.11 Å². The fourth-order valence-corrected chi connectivity index (χ4v) is 1.57. The van der Waals surface area contributed by atoms with E-state index < -0.39 is 5.97 Å². The third-order valence-corrected chi connectivity index (χ3v) is 2.61. The first-order chi connectivity index (χ1) is 8.52. The van der Waals surface area contributed by atoms with Crippen LogP contribution in [0.1, 0.15) is 24.8 Å². The van der Waals surface area contributed by atoms with E-state index >= 15 is 0 Å². The molecule has 0 aromatic heterocycles. The third kappa shape index (κ3) is 4.45. The lowest BCUT2D eigenvalue weighted by atomic mass is 9.97.